The number of rotatable bonds is 7. The number of Topliss-reactive ketones (excluding diaryl/α,β-unsaturated/α-hetero) is 1. The number of nitrogens with zero attached hydrogens (tertiary/aromatic N) is 2. The number of aromatic nitrogens is 3. The monoisotopic (exact) mass is 410 g/mol. The van der Waals surface area contributed by atoms with Crippen molar-refractivity contribution in [2.75, 3.05) is 12.4 Å². The fraction of sp³-hybridized carbons (Fsp3) is 0.150. The number of aromatic amines is 1. The van der Waals surface area contributed by atoms with Crippen LogP contribution in [0.5, 0.6) is 5.75 Å². The Balaban J connectivity index is 1.47. The Kier molecular flexibility index (Phi) is 5.31. The second-order valence-electron chi connectivity index (χ2n) is 6.07. The molecule has 0 unspecified atom stereocenters. The molecule has 0 bridgehead atoms. The van der Waals surface area contributed by atoms with Crippen molar-refractivity contribution in [1.29, 1.82) is 0 Å². The smallest absolute Gasteiger partial charge is 0.210 e. The molecule has 0 aliphatic heterocycles. The van der Waals surface area contributed by atoms with Crippen molar-refractivity contribution in [2.45, 2.75) is 16.5 Å². The Morgan fingerprint density at radius 2 is 1.96 bits per heavy atom. The Morgan fingerprint density at radius 1 is 1.18 bits per heavy atom. The third-order valence-electron chi connectivity index (χ3n) is 4.26. The number of fused-ring (bicyclic) bond motifs is 1. The summed E-state index contributed by atoms with van der Waals surface area (Å²) in [6, 6.07) is 15.4. The molecular formula is C20H18N4O2S2. The maximum Gasteiger partial charge on any atom is 0.210 e. The number of H-pyrrole nitrogens is 1. The largest absolute Gasteiger partial charge is 0.495 e. The van der Waals surface area contributed by atoms with Crippen LogP contribution in [0.3, 0.4) is 0 Å². The van der Waals surface area contributed by atoms with E-state index in [2.05, 4.69) is 20.5 Å². The van der Waals surface area contributed by atoms with E-state index in [9.17, 15) is 4.79 Å². The molecule has 0 saturated heterocycles. The molecule has 0 fully saturated rings. The topological polar surface area (TPSA) is 79.9 Å². The molecule has 0 radical (unpaired) electrons. The van der Waals surface area contributed by atoms with Crippen LogP contribution in [0, 0.1) is 0 Å². The fourth-order valence-electron chi connectivity index (χ4n) is 2.87. The fourth-order valence-corrected chi connectivity index (χ4v) is 4.85. The predicted molar refractivity (Wildman–Crippen MR) is 114 cm³/mol. The van der Waals surface area contributed by atoms with E-state index in [0.29, 0.717) is 10.7 Å². The molecule has 2 heterocycles. The van der Waals surface area contributed by atoms with Crippen molar-refractivity contribution in [2.24, 2.45) is 0 Å². The van der Waals surface area contributed by atoms with E-state index >= 15 is 0 Å². The van der Waals surface area contributed by atoms with Gasteiger partial charge in [-0.15, -0.1) is 10.2 Å². The zero-order chi connectivity index (χ0) is 19.5. The van der Waals surface area contributed by atoms with Crippen molar-refractivity contribution in [1.82, 2.24) is 15.2 Å². The van der Waals surface area contributed by atoms with Gasteiger partial charge < -0.3 is 15.0 Å². The van der Waals surface area contributed by atoms with Gasteiger partial charge >= 0.3 is 0 Å². The Bertz CT molecular complexity index is 1120. The lowest BCUT2D eigenvalue weighted by Crippen LogP contribution is -2.12. The number of hydrogen-bond donors (Lipinski definition) is 2. The first-order valence-electron chi connectivity index (χ1n) is 8.66. The molecule has 0 aliphatic rings. The molecule has 2 aromatic carbocycles. The van der Waals surface area contributed by atoms with Crippen LogP contribution in [0.4, 0.5) is 10.8 Å². The van der Waals surface area contributed by atoms with Gasteiger partial charge in [0.1, 0.15) is 5.75 Å². The third kappa shape index (κ3) is 3.74. The first kappa shape index (κ1) is 18.5. The molecule has 0 spiro atoms. The number of methoxy groups -OCH3 is 1. The van der Waals surface area contributed by atoms with Gasteiger partial charge in [0.2, 0.25) is 5.13 Å². The number of nitrogens with one attached hydrogen (secondary N) is 2. The highest BCUT2D eigenvalue weighted by molar-refractivity contribution is 8.02. The molecule has 0 aliphatic carbocycles. The number of anilines is 2. The average molecular weight is 411 g/mol. The first-order valence-corrected chi connectivity index (χ1v) is 10.4. The standard InChI is InChI=1S/C20H18N4O2S2/c1-12(18(25)14-11-21-15-8-4-3-7-13(14)15)27-20-24-23-19(28-20)22-16-9-5-6-10-17(16)26-2/h3-12,21H,1-2H3,(H,22,23)/t12-/m1/s1. The van der Waals surface area contributed by atoms with Gasteiger partial charge in [0.05, 0.1) is 18.0 Å². The number of ether oxygens (including phenoxy) is 1. The van der Waals surface area contributed by atoms with Crippen LogP contribution < -0.4 is 10.1 Å². The number of thioether (sulfide) groups is 1. The maximum atomic E-state index is 12.9. The van der Waals surface area contributed by atoms with E-state index in [1.165, 1.54) is 23.1 Å². The van der Waals surface area contributed by atoms with Crippen molar-refractivity contribution in [3.63, 3.8) is 0 Å². The summed E-state index contributed by atoms with van der Waals surface area (Å²) in [5.74, 6) is 0.798. The van der Waals surface area contributed by atoms with Crippen molar-refractivity contribution in [3.8, 4) is 5.75 Å². The molecule has 2 aromatic heterocycles. The quantitative estimate of drug-likeness (QED) is 0.325. The van der Waals surface area contributed by atoms with E-state index in [1.54, 1.807) is 13.3 Å². The van der Waals surface area contributed by atoms with Gasteiger partial charge in [0.25, 0.3) is 0 Å². The Hall–Kier alpha value is -2.84. The number of carbonyl (C=O) groups excluding carboxylic acids is 1. The summed E-state index contributed by atoms with van der Waals surface area (Å²) < 4.78 is 6.07. The summed E-state index contributed by atoms with van der Waals surface area (Å²) >= 11 is 2.82. The zero-order valence-corrected chi connectivity index (χ0v) is 16.9. The lowest BCUT2D eigenvalue weighted by molar-refractivity contribution is 0.0995. The minimum Gasteiger partial charge on any atom is -0.495 e. The minimum atomic E-state index is -0.272. The molecule has 8 heteroatoms. The lowest BCUT2D eigenvalue weighted by Gasteiger charge is -2.08. The highest BCUT2D eigenvalue weighted by Crippen LogP contribution is 2.34. The van der Waals surface area contributed by atoms with Gasteiger partial charge in [-0.2, -0.15) is 0 Å². The van der Waals surface area contributed by atoms with Gasteiger partial charge in [-0.1, -0.05) is 53.4 Å². The molecule has 0 amide bonds. The van der Waals surface area contributed by atoms with Crippen LogP contribution in [0.25, 0.3) is 10.9 Å². The van der Waals surface area contributed by atoms with Gasteiger partial charge in [-0.3, -0.25) is 4.79 Å². The van der Waals surface area contributed by atoms with Crippen LogP contribution >= 0.6 is 23.1 Å². The van der Waals surface area contributed by atoms with Crippen LogP contribution in [0.1, 0.15) is 17.3 Å². The molecule has 0 saturated carbocycles. The lowest BCUT2D eigenvalue weighted by atomic mass is 10.1. The van der Waals surface area contributed by atoms with Crippen molar-refractivity contribution in [3.05, 3.63) is 60.3 Å². The predicted octanol–water partition coefficient (Wildman–Crippen LogP) is 5.14. The van der Waals surface area contributed by atoms with Crippen molar-refractivity contribution < 1.29 is 9.53 Å². The molecule has 1 atom stereocenters. The van der Waals surface area contributed by atoms with E-state index in [-0.39, 0.29) is 11.0 Å². The molecule has 2 N–H and O–H groups in total. The minimum absolute atomic E-state index is 0.0666. The second-order valence-corrected chi connectivity index (χ2v) is 8.64. The molecule has 4 aromatic rings. The van der Waals surface area contributed by atoms with Gasteiger partial charge in [-0.05, 0) is 25.1 Å². The normalized spacial score (nSPS) is 12.1. The maximum absolute atomic E-state index is 12.9. The Morgan fingerprint density at radius 3 is 2.82 bits per heavy atom. The van der Waals surface area contributed by atoms with E-state index in [1.807, 2.05) is 55.5 Å². The number of ketones is 1. The molecular weight excluding hydrogens is 392 g/mol. The molecule has 6 nitrogen and oxygen atoms in total. The SMILES string of the molecule is COc1ccccc1Nc1nnc(S[C@H](C)C(=O)c2c[nH]c3ccccc23)s1. The summed E-state index contributed by atoms with van der Waals surface area (Å²) in [6.45, 7) is 1.89. The Labute approximate surface area is 170 Å². The molecule has 142 valence electrons. The van der Waals surface area contributed by atoms with E-state index in [4.69, 9.17) is 4.74 Å². The van der Waals surface area contributed by atoms with Crippen molar-refractivity contribution >= 4 is 50.6 Å². The number of hydrogen-bond acceptors (Lipinski definition) is 7. The first-order chi connectivity index (χ1) is 13.7. The van der Waals surface area contributed by atoms with Gasteiger partial charge in [-0.25, -0.2) is 0 Å². The summed E-state index contributed by atoms with van der Waals surface area (Å²) in [7, 11) is 1.62. The second kappa shape index (κ2) is 8.04. The zero-order valence-electron chi connectivity index (χ0n) is 15.3. The summed E-state index contributed by atoms with van der Waals surface area (Å²) in [6.07, 6.45) is 1.78. The number of para-hydroxylation sites is 3. The van der Waals surface area contributed by atoms with Crippen LogP contribution in [-0.4, -0.2) is 33.3 Å². The van der Waals surface area contributed by atoms with E-state index in [0.717, 1.165) is 26.7 Å². The summed E-state index contributed by atoms with van der Waals surface area (Å²) in [4.78, 5) is 16.0. The molecule has 28 heavy (non-hydrogen) atoms. The van der Waals surface area contributed by atoms with Gasteiger partial charge in [0.15, 0.2) is 10.1 Å². The van der Waals surface area contributed by atoms with Crippen LogP contribution in [0.2, 0.25) is 0 Å². The van der Waals surface area contributed by atoms with Gasteiger partial charge in [0, 0.05) is 22.7 Å². The summed E-state index contributed by atoms with van der Waals surface area (Å²) in [5, 5.41) is 12.9. The third-order valence-corrected chi connectivity index (χ3v) is 6.28. The number of benzene rings is 2. The van der Waals surface area contributed by atoms with Crippen LogP contribution in [0.15, 0.2) is 59.1 Å². The average Bonchev–Trinajstić information content (AvgIpc) is 3.34. The highest BCUT2D eigenvalue weighted by atomic mass is 32.2. The van der Waals surface area contributed by atoms with Crippen LogP contribution in [-0.2, 0) is 0 Å². The molecule has 4 rings (SSSR count). The van der Waals surface area contributed by atoms with E-state index < -0.39 is 0 Å². The number of carbonyl (C=O) groups is 1. The highest BCUT2D eigenvalue weighted by Gasteiger charge is 2.21. The summed E-state index contributed by atoms with van der Waals surface area (Å²) in [5.41, 5.74) is 2.48.